The molecule has 2 aromatic heterocycles. The Kier molecular flexibility index (Phi) is 5.09. The summed E-state index contributed by atoms with van der Waals surface area (Å²) in [6.45, 7) is 0.108. The molecule has 0 unspecified atom stereocenters. The van der Waals surface area contributed by atoms with E-state index in [2.05, 4.69) is 0 Å². The van der Waals surface area contributed by atoms with Crippen LogP contribution in [0.5, 0.6) is 11.5 Å². The highest BCUT2D eigenvalue weighted by Crippen LogP contribution is 2.27. The van der Waals surface area contributed by atoms with E-state index in [1.165, 1.54) is 16.1 Å². The first-order chi connectivity index (χ1) is 14.1. The zero-order chi connectivity index (χ0) is 20.4. The fourth-order valence-corrected chi connectivity index (χ4v) is 3.82. The van der Waals surface area contributed by atoms with E-state index in [0.29, 0.717) is 32.1 Å². The molecule has 0 N–H and O–H groups in total. The average molecular weight is 410 g/mol. The summed E-state index contributed by atoms with van der Waals surface area (Å²) in [6, 6.07) is 15.8. The first-order valence-electron chi connectivity index (χ1n) is 8.79. The summed E-state index contributed by atoms with van der Waals surface area (Å²) in [5, 5.41) is 14.7. The molecular formula is C21H18N2O5S. The number of thiophene rings is 1. The van der Waals surface area contributed by atoms with E-state index in [4.69, 9.17) is 14.3 Å². The topological polar surface area (TPSA) is 76.6 Å². The number of para-hydroxylation sites is 2. The van der Waals surface area contributed by atoms with Gasteiger partial charge in [0.1, 0.15) is 11.5 Å². The molecule has 0 bridgehead atoms. The Balaban J connectivity index is 1.79. The maximum absolute atomic E-state index is 13.1. The van der Waals surface area contributed by atoms with Gasteiger partial charge < -0.3 is 19.5 Å². The lowest BCUT2D eigenvalue weighted by atomic mass is 10.2. The van der Waals surface area contributed by atoms with E-state index in [0.717, 1.165) is 5.56 Å². The largest absolute Gasteiger partial charge is 0.618 e. The first kappa shape index (κ1) is 18.8. The molecule has 0 spiro atoms. The number of fused-ring (bicyclic) bond motifs is 1. The molecule has 0 aliphatic rings. The van der Waals surface area contributed by atoms with E-state index in [9.17, 15) is 10.0 Å². The van der Waals surface area contributed by atoms with Crippen LogP contribution in [0, 0.1) is 5.21 Å². The molecule has 4 aromatic rings. The summed E-state index contributed by atoms with van der Waals surface area (Å²) in [7, 11) is 3.12. The van der Waals surface area contributed by atoms with Crippen LogP contribution in [0.4, 0.5) is 0 Å². The third-order valence-corrected chi connectivity index (χ3v) is 5.35. The number of hydrogen-bond acceptors (Lipinski definition) is 6. The van der Waals surface area contributed by atoms with Gasteiger partial charge in [-0.2, -0.15) is 4.73 Å². The van der Waals surface area contributed by atoms with Crippen molar-refractivity contribution in [1.29, 1.82) is 0 Å². The van der Waals surface area contributed by atoms with Crippen molar-refractivity contribution < 1.29 is 19.0 Å². The van der Waals surface area contributed by atoms with E-state index >= 15 is 0 Å². The van der Waals surface area contributed by atoms with Gasteiger partial charge >= 0.3 is 11.3 Å². The standard InChI is InChI=1S/C21H18N2O5S/c1-26-17-10-9-14(12-18(17)27-2)13-28-23-16-7-4-3-6-15(16)22(25)20(21(23)24)19-8-5-11-29-19/h3-12H,13H2,1-2H3. The van der Waals surface area contributed by atoms with Gasteiger partial charge in [-0.25, -0.2) is 0 Å². The summed E-state index contributed by atoms with van der Waals surface area (Å²) in [6.07, 6.45) is 0. The van der Waals surface area contributed by atoms with Crippen LogP contribution >= 0.6 is 11.3 Å². The highest BCUT2D eigenvalue weighted by molar-refractivity contribution is 7.13. The fraction of sp³-hybridized carbons (Fsp3) is 0.143. The molecule has 0 aliphatic carbocycles. The second-order valence-corrected chi connectivity index (χ2v) is 7.12. The smallest absolute Gasteiger partial charge is 0.358 e. The van der Waals surface area contributed by atoms with Crippen LogP contribution in [0.3, 0.4) is 0 Å². The minimum Gasteiger partial charge on any atom is -0.618 e. The van der Waals surface area contributed by atoms with Gasteiger partial charge in [-0.3, -0.25) is 4.79 Å². The molecule has 2 heterocycles. The molecule has 2 aromatic carbocycles. The van der Waals surface area contributed by atoms with Gasteiger partial charge in [0, 0.05) is 6.07 Å². The molecule has 0 fully saturated rings. The van der Waals surface area contributed by atoms with Gasteiger partial charge in [0.05, 0.1) is 14.2 Å². The number of hydrogen-bond donors (Lipinski definition) is 0. The maximum Gasteiger partial charge on any atom is 0.358 e. The number of methoxy groups -OCH3 is 2. The van der Waals surface area contributed by atoms with Gasteiger partial charge in [-0.1, -0.05) is 24.3 Å². The van der Waals surface area contributed by atoms with Crippen LogP contribution < -0.4 is 24.6 Å². The SMILES string of the molecule is COc1ccc(COn2c(=O)c(-c3cccs3)[n+]([O-])c3ccccc32)cc1OC. The highest BCUT2D eigenvalue weighted by atomic mass is 32.1. The van der Waals surface area contributed by atoms with E-state index in [1.807, 2.05) is 11.4 Å². The number of aromatic nitrogens is 2. The highest BCUT2D eigenvalue weighted by Gasteiger charge is 2.24. The van der Waals surface area contributed by atoms with E-state index < -0.39 is 5.56 Å². The molecule has 7 nitrogen and oxygen atoms in total. The minimum absolute atomic E-state index is 0.0333. The molecule has 8 heteroatoms. The molecule has 0 amide bonds. The van der Waals surface area contributed by atoms with Crippen molar-refractivity contribution in [2.75, 3.05) is 14.2 Å². The summed E-state index contributed by atoms with van der Waals surface area (Å²) in [5.41, 5.74) is 1.05. The number of benzene rings is 2. The summed E-state index contributed by atoms with van der Waals surface area (Å²) in [5.74, 6) is 1.17. The van der Waals surface area contributed by atoms with Crippen molar-refractivity contribution in [2.24, 2.45) is 0 Å². The molecular weight excluding hydrogens is 392 g/mol. The van der Waals surface area contributed by atoms with Crippen molar-refractivity contribution in [2.45, 2.75) is 6.61 Å². The molecule has 148 valence electrons. The van der Waals surface area contributed by atoms with Gasteiger partial charge in [0.25, 0.3) is 0 Å². The first-order valence-corrected chi connectivity index (χ1v) is 9.67. The van der Waals surface area contributed by atoms with Crippen LogP contribution in [0.25, 0.3) is 21.6 Å². The number of rotatable bonds is 6. The predicted octanol–water partition coefficient (Wildman–Crippen LogP) is 3.01. The van der Waals surface area contributed by atoms with Crippen LogP contribution in [0.15, 0.2) is 64.8 Å². The molecule has 4 rings (SSSR count). The van der Waals surface area contributed by atoms with Crippen molar-refractivity contribution in [3.63, 3.8) is 0 Å². The monoisotopic (exact) mass is 410 g/mol. The predicted molar refractivity (Wildman–Crippen MR) is 110 cm³/mol. The lowest BCUT2D eigenvalue weighted by Crippen LogP contribution is -2.42. The van der Waals surface area contributed by atoms with Crippen LogP contribution in [-0.4, -0.2) is 19.0 Å². The Morgan fingerprint density at radius 3 is 2.55 bits per heavy atom. The zero-order valence-electron chi connectivity index (χ0n) is 15.8. The molecule has 29 heavy (non-hydrogen) atoms. The molecule has 0 saturated heterocycles. The van der Waals surface area contributed by atoms with Gasteiger partial charge in [0.2, 0.25) is 5.52 Å². The van der Waals surface area contributed by atoms with Crippen molar-refractivity contribution in [3.05, 3.63) is 81.1 Å². The molecule has 0 radical (unpaired) electrons. The van der Waals surface area contributed by atoms with Gasteiger partial charge in [0.15, 0.2) is 17.0 Å². The van der Waals surface area contributed by atoms with E-state index in [-0.39, 0.29) is 12.3 Å². The Labute approximate surface area is 170 Å². The minimum atomic E-state index is -0.512. The van der Waals surface area contributed by atoms with E-state index in [1.54, 1.807) is 62.8 Å². The zero-order valence-corrected chi connectivity index (χ0v) is 16.6. The van der Waals surface area contributed by atoms with Gasteiger partial charge in [-0.15, -0.1) is 16.1 Å². The Bertz CT molecular complexity index is 1220. The Morgan fingerprint density at radius 1 is 1.03 bits per heavy atom. The second kappa shape index (κ2) is 7.84. The Morgan fingerprint density at radius 2 is 1.83 bits per heavy atom. The fourth-order valence-electron chi connectivity index (χ4n) is 3.08. The number of ether oxygens (including phenoxy) is 2. The lowest BCUT2D eigenvalue weighted by Gasteiger charge is -2.14. The third-order valence-electron chi connectivity index (χ3n) is 4.47. The van der Waals surface area contributed by atoms with Crippen molar-refractivity contribution in [1.82, 2.24) is 4.73 Å². The number of nitrogens with zero attached hydrogens (tertiary/aromatic N) is 2. The summed E-state index contributed by atoms with van der Waals surface area (Å²) in [4.78, 5) is 19.6. The van der Waals surface area contributed by atoms with Crippen LogP contribution in [0.2, 0.25) is 0 Å². The average Bonchev–Trinajstić information content (AvgIpc) is 3.28. The molecule has 0 saturated carbocycles. The maximum atomic E-state index is 13.1. The lowest BCUT2D eigenvalue weighted by molar-refractivity contribution is -0.566. The molecule has 0 atom stereocenters. The summed E-state index contributed by atoms with van der Waals surface area (Å²) >= 11 is 1.32. The van der Waals surface area contributed by atoms with Crippen molar-refractivity contribution in [3.8, 4) is 22.1 Å². The van der Waals surface area contributed by atoms with Crippen LogP contribution in [-0.2, 0) is 6.61 Å². The van der Waals surface area contributed by atoms with Crippen molar-refractivity contribution >= 4 is 22.4 Å². The summed E-state index contributed by atoms with van der Waals surface area (Å²) < 4.78 is 12.4. The normalized spacial score (nSPS) is 10.8. The molecule has 0 aliphatic heterocycles. The Hall–Kier alpha value is -3.52. The van der Waals surface area contributed by atoms with Crippen LogP contribution in [0.1, 0.15) is 5.56 Å². The quantitative estimate of drug-likeness (QED) is 0.361. The van der Waals surface area contributed by atoms with Gasteiger partial charge in [-0.05, 0) is 35.2 Å². The third kappa shape index (κ3) is 3.38. The second-order valence-electron chi connectivity index (χ2n) is 6.17.